The zero-order valence-electron chi connectivity index (χ0n) is 23.1. The second kappa shape index (κ2) is 12.7. The van der Waals surface area contributed by atoms with Crippen LogP contribution in [0.1, 0.15) is 17.3 Å². The highest BCUT2D eigenvalue weighted by atomic mass is 16.5. The van der Waals surface area contributed by atoms with Crippen LogP contribution >= 0.6 is 0 Å². The van der Waals surface area contributed by atoms with E-state index in [1.54, 1.807) is 103 Å². The SMILES string of the molecule is CC(=O)NC1(Nc2ccccc2)C(=O)N(c2ccccc2)N=C1NC(=O)c1cccc(NC(=O)COc2ccccc2)c1. The first-order valence-corrected chi connectivity index (χ1v) is 13.3. The first kappa shape index (κ1) is 28.6. The van der Waals surface area contributed by atoms with Gasteiger partial charge in [-0.05, 0) is 54.6 Å². The number of hydrogen-bond donors (Lipinski definition) is 4. The molecule has 0 spiro atoms. The molecule has 0 saturated carbocycles. The van der Waals surface area contributed by atoms with Crippen LogP contribution in [0.5, 0.6) is 5.75 Å². The molecule has 4 amide bonds. The van der Waals surface area contributed by atoms with Crippen LogP contribution in [-0.4, -0.2) is 41.7 Å². The highest BCUT2D eigenvalue weighted by molar-refractivity contribution is 6.28. The summed E-state index contributed by atoms with van der Waals surface area (Å²) in [5.74, 6) is -1.79. The average molecular weight is 577 g/mol. The number of carbonyl (C=O) groups is 4. The summed E-state index contributed by atoms with van der Waals surface area (Å²) in [5.41, 5.74) is -0.460. The predicted molar refractivity (Wildman–Crippen MR) is 162 cm³/mol. The van der Waals surface area contributed by atoms with Crippen LogP contribution in [-0.2, 0) is 14.4 Å². The minimum atomic E-state index is -1.93. The Bertz CT molecular complexity index is 1660. The smallest absolute Gasteiger partial charge is 0.302 e. The second-order valence-corrected chi connectivity index (χ2v) is 9.51. The van der Waals surface area contributed by atoms with E-state index in [2.05, 4.69) is 26.4 Å². The van der Waals surface area contributed by atoms with Gasteiger partial charge in [-0.3, -0.25) is 19.2 Å². The van der Waals surface area contributed by atoms with E-state index in [1.807, 2.05) is 6.07 Å². The first-order valence-electron chi connectivity index (χ1n) is 13.3. The summed E-state index contributed by atoms with van der Waals surface area (Å²) in [4.78, 5) is 52.4. The van der Waals surface area contributed by atoms with Crippen molar-refractivity contribution in [3.63, 3.8) is 0 Å². The largest absolute Gasteiger partial charge is 0.484 e. The molecule has 4 aromatic carbocycles. The molecule has 1 unspecified atom stereocenters. The summed E-state index contributed by atoms with van der Waals surface area (Å²) in [7, 11) is 0. The molecule has 4 aromatic rings. The molecule has 216 valence electrons. The molecule has 11 nitrogen and oxygen atoms in total. The summed E-state index contributed by atoms with van der Waals surface area (Å²) in [6, 6.07) is 32.6. The van der Waals surface area contributed by atoms with E-state index >= 15 is 0 Å². The van der Waals surface area contributed by atoms with E-state index in [0.29, 0.717) is 22.8 Å². The van der Waals surface area contributed by atoms with Crippen LogP contribution in [0.3, 0.4) is 0 Å². The Balaban J connectivity index is 1.40. The molecule has 1 heterocycles. The molecule has 43 heavy (non-hydrogen) atoms. The number of hydrazone groups is 1. The van der Waals surface area contributed by atoms with Gasteiger partial charge in [0, 0.05) is 23.9 Å². The Hall–Kier alpha value is -5.97. The fourth-order valence-corrected chi connectivity index (χ4v) is 4.38. The van der Waals surface area contributed by atoms with Gasteiger partial charge in [0.05, 0.1) is 5.69 Å². The first-order chi connectivity index (χ1) is 20.8. The Kier molecular flexibility index (Phi) is 8.43. The second-order valence-electron chi connectivity index (χ2n) is 9.51. The molecule has 0 radical (unpaired) electrons. The average Bonchev–Trinajstić information content (AvgIpc) is 3.27. The van der Waals surface area contributed by atoms with Crippen LogP contribution in [0.25, 0.3) is 0 Å². The molecule has 0 saturated heterocycles. The summed E-state index contributed by atoms with van der Waals surface area (Å²) >= 11 is 0. The molecule has 0 bridgehead atoms. The normalized spacial score (nSPS) is 15.7. The third kappa shape index (κ3) is 6.68. The summed E-state index contributed by atoms with van der Waals surface area (Å²) < 4.78 is 5.48. The van der Waals surface area contributed by atoms with Crippen molar-refractivity contribution in [3.8, 4) is 5.75 Å². The number of anilines is 3. The Labute approximate surface area is 247 Å². The maximum atomic E-state index is 14.0. The molecule has 0 aromatic heterocycles. The molecule has 0 fully saturated rings. The van der Waals surface area contributed by atoms with Crippen molar-refractivity contribution in [1.29, 1.82) is 0 Å². The van der Waals surface area contributed by atoms with E-state index < -0.39 is 29.3 Å². The van der Waals surface area contributed by atoms with E-state index in [1.165, 1.54) is 13.0 Å². The minimum Gasteiger partial charge on any atom is -0.484 e. The van der Waals surface area contributed by atoms with Crippen molar-refractivity contribution in [2.45, 2.75) is 12.6 Å². The standard InChI is InChI=1S/C32H28N6O5/c1-22(39)35-32(36-24-13-5-2-6-14-24)30(37-38(31(32)42)26-16-7-3-8-17-26)34-29(41)23-12-11-15-25(20-23)33-28(40)21-43-27-18-9-4-10-19-27/h2-20,36H,21H2,1H3,(H,33,40)(H,35,39)(H,34,37,41). The molecule has 0 aliphatic carbocycles. The fraction of sp³-hybridized carbons (Fsp3) is 0.0938. The lowest BCUT2D eigenvalue weighted by Gasteiger charge is -2.31. The number of amidine groups is 1. The number of nitrogens with zero attached hydrogens (tertiary/aromatic N) is 2. The van der Waals surface area contributed by atoms with Gasteiger partial charge in [-0.2, -0.15) is 5.01 Å². The quantitative estimate of drug-likeness (QED) is 0.224. The maximum Gasteiger partial charge on any atom is 0.302 e. The van der Waals surface area contributed by atoms with Crippen molar-refractivity contribution in [1.82, 2.24) is 10.6 Å². The molecule has 1 aliphatic rings. The van der Waals surface area contributed by atoms with Crippen LogP contribution in [0, 0.1) is 0 Å². The molecule has 1 atom stereocenters. The van der Waals surface area contributed by atoms with Gasteiger partial charge in [-0.15, -0.1) is 5.10 Å². The van der Waals surface area contributed by atoms with Crippen molar-refractivity contribution < 1.29 is 23.9 Å². The minimum absolute atomic E-state index is 0.142. The maximum absolute atomic E-state index is 14.0. The molecule has 5 rings (SSSR count). The van der Waals surface area contributed by atoms with Gasteiger partial charge in [-0.1, -0.05) is 60.7 Å². The zero-order valence-corrected chi connectivity index (χ0v) is 23.1. The number of benzene rings is 4. The molecule has 1 aliphatic heterocycles. The summed E-state index contributed by atoms with van der Waals surface area (Å²) in [5, 5.41) is 16.7. The van der Waals surface area contributed by atoms with Gasteiger partial charge in [0.1, 0.15) is 5.75 Å². The molecular formula is C32H28N6O5. The third-order valence-electron chi connectivity index (χ3n) is 6.29. The van der Waals surface area contributed by atoms with Crippen LogP contribution in [0.4, 0.5) is 17.1 Å². The highest BCUT2D eigenvalue weighted by Crippen LogP contribution is 2.28. The lowest BCUT2D eigenvalue weighted by molar-refractivity contribution is -0.127. The van der Waals surface area contributed by atoms with E-state index in [4.69, 9.17) is 4.74 Å². The number of carbonyl (C=O) groups excluding carboxylic acids is 4. The van der Waals surface area contributed by atoms with Crippen molar-refractivity contribution in [2.24, 2.45) is 5.10 Å². The number of rotatable bonds is 9. The van der Waals surface area contributed by atoms with E-state index in [0.717, 1.165) is 5.01 Å². The topological polar surface area (TPSA) is 141 Å². The molecule has 11 heteroatoms. The van der Waals surface area contributed by atoms with Gasteiger partial charge in [0.15, 0.2) is 12.4 Å². The van der Waals surface area contributed by atoms with Gasteiger partial charge in [0.25, 0.3) is 17.5 Å². The lowest BCUT2D eigenvalue weighted by Crippen LogP contribution is -2.67. The Morgan fingerprint density at radius 3 is 2.09 bits per heavy atom. The zero-order chi connectivity index (χ0) is 30.2. The lowest BCUT2D eigenvalue weighted by atomic mass is 10.1. The number of nitrogens with one attached hydrogen (secondary N) is 4. The number of ether oxygens (including phenoxy) is 1. The van der Waals surface area contributed by atoms with Crippen molar-refractivity contribution in [2.75, 3.05) is 22.2 Å². The number of amides is 4. The predicted octanol–water partition coefficient (Wildman–Crippen LogP) is 3.74. The summed E-state index contributed by atoms with van der Waals surface area (Å²) in [6.45, 7) is 1.04. The van der Waals surface area contributed by atoms with Gasteiger partial charge in [0.2, 0.25) is 5.91 Å². The Morgan fingerprint density at radius 2 is 1.42 bits per heavy atom. The monoisotopic (exact) mass is 576 g/mol. The van der Waals surface area contributed by atoms with Crippen LogP contribution in [0.2, 0.25) is 0 Å². The van der Waals surface area contributed by atoms with E-state index in [9.17, 15) is 19.2 Å². The van der Waals surface area contributed by atoms with Gasteiger partial charge in [-0.25, -0.2) is 0 Å². The third-order valence-corrected chi connectivity index (χ3v) is 6.29. The van der Waals surface area contributed by atoms with Crippen molar-refractivity contribution >= 4 is 46.5 Å². The number of hydrogen-bond acceptors (Lipinski definition) is 7. The van der Waals surface area contributed by atoms with Gasteiger partial charge < -0.3 is 26.0 Å². The highest BCUT2D eigenvalue weighted by Gasteiger charge is 2.54. The van der Waals surface area contributed by atoms with E-state index in [-0.39, 0.29) is 18.0 Å². The fourth-order valence-electron chi connectivity index (χ4n) is 4.38. The molecule has 4 N–H and O–H groups in total. The van der Waals surface area contributed by atoms with Crippen LogP contribution < -0.4 is 31.0 Å². The van der Waals surface area contributed by atoms with Crippen LogP contribution in [0.15, 0.2) is 120 Å². The molecular weight excluding hydrogens is 548 g/mol. The van der Waals surface area contributed by atoms with Crippen molar-refractivity contribution in [3.05, 3.63) is 121 Å². The summed E-state index contributed by atoms with van der Waals surface area (Å²) in [6.07, 6.45) is 0. The van der Waals surface area contributed by atoms with Gasteiger partial charge >= 0.3 is 5.91 Å². The Morgan fingerprint density at radius 1 is 0.791 bits per heavy atom. The number of para-hydroxylation sites is 3.